The summed E-state index contributed by atoms with van der Waals surface area (Å²) >= 11 is 1.37. The summed E-state index contributed by atoms with van der Waals surface area (Å²) in [4.78, 5) is 20.9. The average molecular weight is 301 g/mol. The van der Waals surface area contributed by atoms with Crippen LogP contribution in [0.5, 0.6) is 0 Å². The third kappa shape index (κ3) is 4.56. The predicted octanol–water partition coefficient (Wildman–Crippen LogP) is 3.52. The summed E-state index contributed by atoms with van der Waals surface area (Å²) in [7, 11) is 0. The minimum absolute atomic E-state index is 0.0494. The number of aryl methyl sites for hydroxylation is 3. The standard InChI is InChI=1S/C16H19N3OS/c1-10-5-7-14(8-6-10)19-15(20)13(4)21-16-17-11(2)9-12(3)18-16/h5-9,13H,1-4H3,(H,19,20)/t13-/m1/s1. The molecular formula is C16H19N3OS. The molecule has 21 heavy (non-hydrogen) atoms. The Morgan fingerprint density at radius 2 is 1.67 bits per heavy atom. The fourth-order valence-electron chi connectivity index (χ4n) is 1.84. The molecule has 0 fully saturated rings. The minimum Gasteiger partial charge on any atom is -0.325 e. The Labute approximate surface area is 129 Å². The molecule has 0 bridgehead atoms. The lowest BCUT2D eigenvalue weighted by atomic mass is 10.2. The zero-order chi connectivity index (χ0) is 15.4. The van der Waals surface area contributed by atoms with Crippen LogP contribution in [0.2, 0.25) is 0 Å². The molecule has 0 spiro atoms. The molecule has 0 aliphatic rings. The number of hydrogen-bond acceptors (Lipinski definition) is 4. The van der Waals surface area contributed by atoms with Gasteiger partial charge in [0.2, 0.25) is 5.91 Å². The van der Waals surface area contributed by atoms with Gasteiger partial charge in [0, 0.05) is 17.1 Å². The van der Waals surface area contributed by atoms with Crippen molar-refractivity contribution in [2.45, 2.75) is 38.1 Å². The van der Waals surface area contributed by atoms with Gasteiger partial charge in [-0.05, 0) is 45.9 Å². The van der Waals surface area contributed by atoms with Crippen LogP contribution in [0.3, 0.4) is 0 Å². The van der Waals surface area contributed by atoms with E-state index in [1.165, 1.54) is 17.3 Å². The molecule has 2 aromatic rings. The second-order valence-corrected chi connectivity index (χ2v) is 6.36. The number of aromatic nitrogens is 2. The van der Waals surface area contributed by atoms with E-state index in [1.807, 2.05) is 58.0 Å². The number of hydrogen-bond donors (Lipinski definition) is 1. The maximum absolute atomic E-state index is 12.2. The molecule has 1 amide bonds. The van der Waals surface area contributed by atoms with Crippen LogP contribution in [0.1, 0.15) is 23.9 Å². The smallest absolute Gasteiger partial charge is 0.237 e. The van der Waals surface area contributed by atoms with Gasteiger partial charge in [-0.2, -0.15) is 0 Å². The highest BCUT2D eigenvalue weighted by Crippen LogP contribution is 2.21. The highest BCUT2D eigenvalue weighted by Gasteiger charge is 2.16. The maximum Gasteiger partial charge on any atom is 0.237 e. The third-order valence-electron chi connectivity index (χ3n) is 2.93. The Morgan fingerprint density at radius 1 is 1.10 bits per heavy atom. The van der Waals surface area contributed by atoms with Gasteiger partial charge in [-0.1, -0.05) is 29.5 Å². The highest BCUT2D eigenvalue weighted by atomic mass is 32.2. The summed E-state index contributed by atoms with van der Waals surface area (Å²) in [5.41, 5.74) is 3.80. The molecule has 1 aromatic heterocycles. The van der Waals surface area contributed by atoms with Crippen LogP contribution < -0.4 is 5.32 Å². The molecule has 0 aliphatic carbocycles. The number of carbonyl (C=O) groups excluding carboxylic acids is 1. The molecule has 0 unspecified atom stereocenters. The molecule has 0 radical (unpaired) electrons. The van der Waals surface area contributed by atoms with Crippen LogP contribution in [0.15, 0.2) is 35.5 Å². The van der Waals surface area contributed by atoms with Crippen molar-refractivity contribution in [1.82, 2.24) is 9.97 Å². The molecular weight excluding hydrogens is 282 g/mol. The number of amides is 1. The summed E-state index contributed by atoms with van der Waals surface area (Å²) in [6.07, 6.45) is 0. The molecule has 0 saturated carbocycles. The Balaban J connectivity index is 2.00. The Hall–Kier alpha value is -1.88. The lowest BCUT2D eigenvalue weighted by Crippen LogP contribution is -2.22. The predicted molar refractivity (Wildman–Crippen MR) is 86.6 cm³/mol. The Kier molecular flexibility index (Phi) is 4.96. The van der Waals surface area contributed by atoms with Gasteiger partial charge in [-0.3, -0.25) is 4.79 Å². The number of rotatable bonds is 4. The number of nitrogens with zero attached hydrogens (tertiary/aromatic N) is 2. The summed E-state index contributed by atoms with van der Waals surface area (Å²) in [6.45, 7) is 7.72. The molecule has 1 aromatic carbocycles. The van der Waals surface area contributed by atoms with Crippen molar-refractivity contribution in [3.8, 4) is 0 Å². The van der Waals surface area contributed by atoms with E-state index in [0.29, 0.717) is 5.16 Å². The van der Waals surface area contributed by atoms with Crippen LogP contribution in [0.4, 0.5) is 5.69 Å². The molecule has 2 rings (SSSR count). The van der Waals surface area contributed by atoms with Crippen molar-refractivity contribution in [3.05, 3.63) is 47.3 Å². The van der Waals surface area contributed by atoms with Gasteiger partial charge in [-0.15, -0.1) is 0 Å². The maximum atomic E-state index is 12.2. The largest absolute Gasteiger partial charge is 0.325 e. The number of anilines is 1. The van der Waals surface area contributed by atoms with Gasteiger partial charge >= 0.3 is 0 Å². The van der Waals surface area contributed by atoms with E-state index < -0.39 is 0 Å². The van der Waals surface area contributed by atoms with Crippen molar-refractivity contribution < 1.29 is 4.79 Å². The quantitative estimate of drug-likeness (QED) is 0.693. The number of carbonyl (C=O) groups is 1. The summed E-state index contributed by atoms with van der Waals surface area (Å²) in [5, 5.41) is 3.28. The minimum atomic E-state index is -0.257. The normalized spacial score (nSPS) is 12.0. The molecule has 0 aliphatic heterocycles. The average Bonchev–Trinajstić information content (AvgIpc) is 2.40. The molecule has 4 nitrogen and oxygen atoms in total. The van der Waals surface area contributed by atoms with Gasteiger partial charge in [0.1, 0.15) is 0 Å². The highest BCUT2D eigenvalue weighted by molar-refractivity contribution is 8.00. The molecule has 1 atom stereocenters. The fraction of sp³-hybridized carbons (Fsp3) is 0.312. The lowest BCUT2D eigenvalue weighted by Gasteiger charge is -2.11. The van der Waals surface area contributed by atoms with E-state index in [2.05, 4.69) is 15.3 Å². The van der Waals surface area contributed by atoms with Gasteiger partial charge < -0.3 is 5.32 Å². The third-order valence-corrected chi connectivity index (χ3v) is 3.89. The van der Waals surface area contributed by atoms with Crippen LogP contribution in [0, 0.1) is 20.8 Å². The van der Waals surface area contributed by atoms with Gasteiger partial charge in [0.15, 0.2) is 5.16 Å². The van der Waals surface area contributed by atoms with Crippen molar-refractivity contribution in [2.24, 2.45) is 0 Å². The first-order valence-electron chi connectivity index (χ1n) is 6.80. The van der Waals surface area contributed by atoms with Gasteiger partial charge in [0.25, 0.3) is 0 Å². The summed E-state index contributed by atoms with van der Waals surface area (Å²) in [6, 6.07) is 9.66. The van der Waals surface area contributed by atoms with E-state index in [0.717, 1.165) is 17.1 Å². The molecule has 5 heteroatoms. The lowest BCUT2D eigenvalue weighted by molar-refractivity contribution is -0.115. The second-order valence-electron chi connectivity index (χ2n) is 5.05. The van der Waals surface area contributed by atoms with Crippen LogP contribution in [0.25, 0.3) is 0 Å². The summed E-state index contributed by atoms with van der Waals surface area (Å²) < 4.78 is 0. The molecule has 1 N–H and O–H groups in total. The first-order chi connectivity index (χ1) is 9.94. The Bertz CT molecular complexity index is 620. The van der Waals surface area contributed by atoms with Crippen LogP contribution in [-0.4, -0.2) is 21.1 Å². The van der Waals surface area contributed by atoms with Gasteiger partial charge in [-0.25, -0.2) is 9.97 Å². The second kappa shape index (κ2) is 6.72. The van der Waals surface area contributed by atoms with E-state index in [-0.39, 0.29) is 11.2 Å². The SMILES string of the molecule is Cc1ccc(NC(=O)[C@@H](C)Sc2nc(C)cc(C)n2)cc1. The van der Waals surface area contributed by atoms with Crippen LogP contribution in [-0.2, 0) is 4.79 Å². The number of nitrogens with one attached hydrogen (secondary N) is 1. The first kappa shape index (κ1) is 15.5. The number of benzene rings is 1. The van der Waals surface area contributed by atoms with Gasteiger partial charge in [0.05, 0.1) is 5.25 Å². The van der Waals surface area contributed by atoms with E-state index >= 15 is 0 Å². The van der Waals surface area contributed by atoms with Crippen LogP contribution >= 0.6 is 11.8 Å². The first-order valence-corrected chi connectivity index (χ1v) is 7.68. The van der Waals surface area contributed by atoms with E-state index in [9.17, 15) is 4.79 Å². The van der Waals surface area contributed by atoms with E-state index in [4.69, 9.17) is 0 Å². The molecule has 0 saturated heterocycles. The topological polar surface area (TPSA) is 54.9 Å². The molecule has 1 heterocycles. The Morgan fingerprint density at radius 3 is 2.24 bits per heavy atom. The van der Waals surface area contributed by atoms with Crippen molar-refractivity contribution >= 4 is 23.4 Å². The number of thioether (sulfide) groups is 1. The fourth-order valence-corrected chi connectivity index (χ4v) is 2.71. The monoisotopic (exact) mass is 301 g/mol. The van der Waals surface area contributed by atoms with Crippen molar-refractivity contribution in [2.75, 3.05) is 5.32 Å². The zero-order valence-corrected chi connectivity index (χ0v) is 13.5. The zero-order valence-electron chi connectivity index (χ0n) is 12.7. The summed E-state index contributed by atoms with van der Waals surface area (Å²) in [5.74, 6) is -0.0494. The van der Waals surface area contributed by atoms with E-state index in [1.54, 1.807) is 0 Å². The van der Waals surface area contributed by atoms with Crippen molar-refractivity contribution in [3.63, 3.8) is 0 Å². The van der Waals surface area contributed by atoms with Crippen molar-refractivity contribution in [1.29, 1.82) is 0 Å². The molecule has 110 valence electrons.